The summed E-state index contributed by atoms with van der Waals surface area (Å²) < 4.78 is 97.1. The van der Waals surface area contributed by atoms with E-state index in [1.165, 1.54) is 68.4 Å². The molecule has 2 saturated heterocycles. The van der Waals surface area contributed by atoms with Crippen LogP contribution in [0.15, 0.2) is 138 Å². The Morgan fingerprint density at radius 2 is 1.08 bits per heavy atom. The number of nitro groups is 1. The van der Waals surface area contributed by atoms with Crippen LogP contribution in [0.1, 0.15) is 66.7 Å². The predicted molar refractivity (Wildman–Crippen MR) is 275 cm³/mol. The number of anilines is 4. The maximum Gasteiger partial charge on any atom is 0.416 e. The lowest BCUT2D eigenvalue weighted by Gasteiger charge is -2.13. The molecule has 0 saturated carbocycles. The number of aliphatic imine (C=N–C) groups is 1. The number of rotatable bonds is 10. The number of carbonyl (C=O) groups excluding carboxylic acids is 4. The molecule has 6 aromatic carbocycles. The van der Waals surface area contributed by atoms with Gasteiger partial charge in [0.1, 0.15) is 12.6 Å². The summed E-state index contributed by atoms with van der Waals surface area (Å²) in [6, 6.07) is 33.3. The van der Waals surface area contributed by atoms with E-state index in [0.29, 0.717) is 62.1 Å². The number of nitrogens with zero attached hydrogens (tertiary/aromatic N) is 2. The van der Waals surface area contributed by atoms with Gasteiger partial charge in [-0.1, -0.05) is 60.7 Å². The number of aryl methyl sites for hydroxylation is 2. The fraction of sp³-hybridized carbons (Fsp3) is 0.226. The van der Waals surface area contributed by atoms with Crippen molar-refractivity contribution in [3.8, 4) is 0 Å². The summed E-state index contributed by atoms with van der Waals surface area (Å²) in [7, 11) is 0. The summed E-state index contributed by atoms with van der Waals surface area (Å²) in [6.07, 6.45) is -6.79. The number of hydrogen-bond donors (Lipinski definition) is 6. The molecule has 0 unspecified atom stereocenters. The quantitative estimate of drug-likeness (QED) is 0.0186. The van der Waals surface area contributed by atoms with Crippen molar-refractivity contribution < 1.29 is 79.6 Å². The van der Waals surface area contributed by atoms with Crippen molar-refractivity contribution in [3.05, 3.63) is 188 Å². The Hall–Kier alpha value is -8.39. The maximum absolute atomic E-state index is 12.8. The van der Waals surface area contributed by atoms with Crippen LogP contribution in [0.3, 0.4) is 0 Å². The van der Waals surface area contributed by atoms with Crippen LogP contribution < -0.4 is 22.1 Å². The first kappa shape index (κ1) is 62.9. The Balaban J connectivity index is 0.000000256. The minimum Gasteiger partial charge on any atom is -0.399 e. The molecule has 2 amide bonds. The number of aldehydes is 3. The van der Waals surface area contributed by atoms with Gasteiger partial charge in [0, 0.05) is 57.1 Å². The summed E-state index contributed by atoms with van der Waals surface area (Å²) in [5, 5.41) is 30.2. The lowest BCUT2D eigenvalue weighted by molar-refractivity contribution is -0.384. The van der Waals surface area contributed by atoms with Crippen molar-refractivity contribution in [3.63, 3.8) is 0 Å². The van der Waals surface area contributed by atoms with E-state index < -0.39 is 34.4 Å². The molecule has 18 nitrogen and oxygen atoms in total. The molecule has 0 aliphatic carbocycles. The Morgan fingerprint density at radius 1 is 0.636 bits per heavy atom. The summed E-state index contributed by atoms with van der Waals surface area (Å²) in [6.45, 7) is 5.13. The lowest BCUT2D eigenvalue weighted by Crippen LogP contribution is -2.20. The SMILES string of the molecule is Cc1ccc(N=CC=O)cc1C(F)(F)F.Cc1ccc(NC(=O)Nc2cccc(C=O)c2)cc1C(F)(F)F.Nc1cccc(C2OCCO2)c1.Nc1cccc(C2OCCO2)c1.O=Cc1cccc([N+](=O)[O-])c1.OCCO. The van der Waals surface area contributed by atoms with Crippen molar-refractivity contribution in [2.75, 3.05) is 61.7 Å². The average Bonchev–Trinajstić information content (AvgIpc) is 4.16. The zero-order valence-corrected chi connectivity index (χ0v) is 41.2. The smallest absolute Gasteiger partial charge is 0.399 e. The summed E-state index contributed by atoms with van der Waals surface area (Å²) in [5.41, 5.74) is 14.5. The molecule has 0 bridgehead atoms. The van der Waals surface area contributed by atoms with Crippen molar-refractivity contribution in [2.45, 2.75) is 38.8 Å². The third-order valence-electron chi connectivity index (χ3n) is 9.82. The van der Waals surface area contributed by atoms with Gasteiger partial charge in [-0.2, -0.15) is 26.3 Å². The van der Waals surface area contributed by atoms with Gasteiger partial charge in [-0.3, -0.25) is 29.5 Å². The topological polar surface area (TPSA) is 277 Å². The zero-order valence-electron chi connectivity index (χ0n) is 41.2. The second kappa shape index (κ2) is 32.1. The van der Waals surface area contributed by atoms with Gasteiger partial charge < -0.3 is 51.3 Å². The van der Waals surface area contributed by atoms with E-state index in [1.54, 1.807) is 18.2 Å². The van der Waals surface area contributed by atoms with Gasteiger partial charge in [0.2, 0.25) is 0 Å². The number of ether oxygens (including phenoxy) is 4. The van der Waals surface area contributed by atoms with E-state index in [2.05, 4.69) is 15.6 Å². The number of urea groups is 1. The van der Waals surface area contributed by atoms with E-state index in [4.69, 9.17) is 40.6 Å². The van der Waals surface area contributed by atoms with Crippen molar-refractivity contribution in [1.29, 1.82) is 0 Å². The molecule has 24 heteroatoms. The molecule has 0 spiro atoms. The number of nitrogens with two attached hydrogens (primary N) is 2. The molecule has 8 rings (SSSR count). The molecule has 77 heavy (non-hydrogen) atoms. The van der Waals surface area contributed by atoms with Gasteiger partial charge in [-0.25, -0.2) is 4.79 Å². The highest BCUT2D eigenvalue weighted by molar-refractivity contribution is 6.13. The van der Waals surface area contributed by atoms with E-state index in [0.717, 1.165) is 40.8 Å². The minimum absolute atomic E-state index is 0.0203. The van der Waals surface area contributed by atoms with Crippen molar-refractivity contribution in [2.24, 2.45) is 4.99 Å². The molecule has 2 fully saturated rings. The van der Waals surface area contributed by atoms with Gasteiger partial charge in [0.25, 0.3) is 5.69 Å². The first-order chi connectivity index (χ1) is 36.6. The lowest BCUT2D eigenvalue weighted by atomic mass is 10.1. The number of non-ortho nitro benzene ring substituents is 1. The van der Waals surface area contributed by atoms with E-state index in [-0.39, 0.29) is 54.0 Å². The van der Waals surface area contributed by atoms with Crippen molar-refractivity contribution in [1.82, 2.24) is 0 Å². The molecular weight excluding hydrogens is 1030 g/mol. The highest BCUT2D eigenvalue weighted by Gasteiger charge is 2.33. The Morgan fingerprint density at radius 3 is 1.52 bits per heavy atom. The van der Waals surface area contributed by atoms with E-state index in [1.807, 2.05) is 48.5 Å². The highest BCUT2D eigenvalue weighted by Crippen LogP contribution is 2.35. The number of alkyl halides is 6. The van der Waals surface area contributed by atoms with Crippen LogP contribution in [-0.2, 0) is 36.1 Å². The van der Waals surface area contributed by atoms with Crippen LogP contribution in [0.25, 0.3) is 0 Å². The predicted octanol–water partition coefficient (Wildman–Crippen LogP) is 10.4. The first-order valence-corrected chi connectivity index (χ1v) is 22.7. The number of nitrogen functional groups attached to an aromatic ring is 2. The number of aliphatic hydroxyl groups is 2. The van der Waals surface area contributed by atoms with Crippen molar-refractivity contribution >= 4 is 65.2 Å². The number of halogens is 6. The van der Waals surface area contributed by atoms with Crippen LogP contribution in [0.5, 0.6) is 0 Å². The molecule has 410 valence electrons. The molecule has 2 aliphatic heterocycles. The Bertz CT molecular complexity index is 2820. The number of nitrogens with one attached hydrogen (secondary N) is 2. The van der Waals surface area contributed by atoms with Crippen LogP contribution in [-0.4, -0.2) is 85.9 Å². The zero-order chi connectivity index (χ0) is 57.0. The third-order valence-corrected chi connectivity index (χ3v) is 9.82. The largest absolute Gasteiger partial charge is 0.416 e. The van der Waals surface area contributed by atoms with E-state index >= 15 is 0 Å². The molecule has 0 aromatic heterocycles. The van der Waals surface area contributed by atoms with Gasteiger partial charge in [0.05, 0.1) is 67.6 Å². The maximum atomic E-state index is 12.8. The number of benzene rings is 6. The van der Waals surface area contributed by atoms with Gasteiger partial charge in [-0.15, -0.1) is 0 Å². The molecular formula is C53H54F6N6O12. The molecule has 2 heterocycles. The average molecular weight is 1080 g/mol. The molecule has 2 aliphatic rings. The first-order valence-electron chi connectivity index (χ1n) is 22.7. The molecule has 8 N–H and O–H groups in total. The van der Waals surface area contributed by atoms with Crippen LogP contribution in [0, 0.1) is 24.0 Å². The number of aliphatic hydroxyl groups excluding tert-OH is 2. The standard InChI is InChI=1S/C16H13F3N2O2.C10H8F3NO.2C9H11NO2.C7H5NO3.C2H6O2/c1-10-5-6-13(8-14(10)16(17,18)19)21-15(23)20-12-4-2-3-11(7-12)9-22;1-7-2-3-8(14-4-5-15)6-9(7)10(11,12)13;2*10-8-3-1-2-7(6-8)9-11-4-5-12-9;9-5-6-2-1-3-7(4-6)8(10)11;3-1-2-4/h2-9H,1H3,(H2,20,21,23);2-6H,1H3;2*1-3,6,9H,4-5,10H2;1-5H;3-4H,1-2H2. The molecule has 0 atom stereocenters. The van der Waals surface area contributed by atoms with Gasteiger partial charge in [-0.05, 0) is 85.6 Å². The summed E-state index contributed by atoms with van der Waals surface area (Å²) in [5.74, 6) is 0. The summed E-state index contributed by atoms with van der Waals surface area (Å²) in [4.78, 5) is 55.8. The fourth-order valence-electron chi connectivity index (χ4n) is 6.33. The number of carbonyl (C=O) groups is 4. The van der Waals surface area contributed by atoms with Crippen LogP contribution in [0.2, 0.25) is 0 Å². The summed E-state index contributed by atoms with van der Waals surface area (Å²) >= 11 is 0. The number of amides is 2. The Kier molecular flexibility index (Phi) is 26.3. The second-order valence-electron chi connectivity index (χ2n) is 15.7. The minimum atomic E-state index is -4.49. The fourth-order valence-corrected chi connectivity index (χ4v) is 6.33. The van der Waals surface area contributed by atoms with Crippen LogP contribution in [0.4, 0.5) is 65.3 Å². The molecule has 6 aromatic rings. The van der Waals surface area contributed by atoms with Gasteiger partial charge in [0.15, 0.2) is 18.9 Å². The Labute approximate surface area is 437 Å². The van der Waals surface area contributed by atoms with E-state index in [9.17, 15) is 55.6 Å². The van der Waals surface area contributed by atoms with Crippen LogP contribution >= 0.6 is 0 Å². The highest BCUT2D eigenvalue weighted by atomic mass is 19.4. The van der Waals surface area contributed by atoms with Gasteiger partial charge >= 0.3 is 18.4 Å². The number of nitro benzene ring substituents is 1. The monoisotopic (exact) mass is 1080 g/mol. The second-order valence-corrected chi connectivity index (χ2v) is 15.7. The normalized spacial score (nSPS) is 13.0. The number of hydrogen-bond acceptors (Lipinski definition) is 15. The molecule has 0 radical (unpaired) electrons. The third kappa shape index (κ3) is 23.0.